The van der Waals surface area contributed by atoms with Gasteiger partial charge in [0.15, 0.2) is 0 Å². The number of hydrogen-bond donors (Lipinski definition) is 1. The second-order valence-corrected chi connectivity index (χ2v) is 3.03. The molecule has 0 bridgehead atoms. The Morgan fingerprint density at radius 1 is 1.42 bits per heavy atom. The van der Waals surface area contributed by atoms with Gasteiger partial charge in [-0.25, -0.2) is 0 Å². The third kappa shape index (κ3) is 2.62. The van der Waals surface area contributed by atoms with Gasteiger partial charge in [0.25, 0.3) is 0 Å². The molecule has 12 heavy (non-hydrogen) atoms. The molecular weight excluding hydrogens is 148 g/mol. The van der Waals surface area contributed by atoms with E-state index in [1.807, 2.05) is 12.1 Å². The number of nitrogens with two attached hydrogens (primary N) is 1. The van der Waals surface area contributed by atoms with E-state index < -0.39 is 0 Å². The van der Waals surface area contributed by atoms with Crippen molar-refractivity contribution in [3.05, 3.63) is 30.1 Å². The van der Waals surface area contributed by atoms with Crippen molar-refractivity contribution in [1.82, 2.24) is 4.98 Å². The van der Waals surface area contributed by atoms with Crippen LogP contribution in [0, 0.1) is 0 Å². The summed E-state index contributed by atoms with van der Waals surface area (Å²) in [5, 5.41) is 0. The molecule has 0 aliphatic carbocycles. The third-order valence-electron chi connectivity index (χ3n) is 2.00. The molecule has 0 spiro atoms. The van der Waals surface area contributed by atoms with Gasteiger partial charge in [0, 0.05) is 18.4 Å². The molecule has 1 aromatic heterocycles. The summed E-state index contributed by atoms with van der Waals surface area (Å²) < 4.78 is 0. The van der Waals surface area contributed by atoms with E-state index in [-0.39, 0.29) is 6.04 Å². The van der Waals surface area contributed by atoms with E-state index in [0.717, 1.165) is 6.42 Å². The Bertz CT molecular complexity index is 208. The molecule has 2 N–H and O–H groups in total. The average Bonchev–Trinajstić information content (AvgIpc) is 2.15. The first-order valence-electron chi connectivity index (χ1n) is 4.50. The van der Waals surface area contributed by atoms with Crippen LogP contribution in [0.25, 0.3) is 0 Å². The van der Waals surface area contributed by atoms with Gasteiger partial charge in [0.1, 0.15) is 0 Å². The molecule has 0 fully saturated rings. The monoisotopic (exact) mass is 164 g/mol. The van der Waals surface area contributed by atoms with Crippen LogP contribution in [0.3, 0.4) is 0 Å². The highest BCUT2D eigenvalue weighted by molar-refractivity contribution is 5.13. The fourth-order valence-electron chi connectivity index (χ4n) is 1.20. The summed E-state index contributed by atoms with van der Waals surface area (Å²) in [6.07, 6.45) is 7.06. The minimum absolute atomic E-state index is 0.188. The van der Waals surface area contributed by atoms with E-state index in [0.29, 0.717) is 0 Å². The average molecular weight is 164 g/mol. The van der Waals surface area contributed by atoms with Gasteiger partial charge in [-0.1, -0.05) is 19.8 Å². The van der Waals surface area contributed by atoms with Crippen molar-refractivity contribution in [1.29, 1.82) is 0 Å². The number of unbranched alkanes of at least 4 members (excludes halogenated alkanes) is 1. The van der Waals surface area contributed by atoms with Crippen LogP contribution < -0.4 is 5.73 Å². The van der Waals surface area contributed by atoms with Gasteiger partial charge in [0.2, 0.25) is 0 Å². The zero-order valence-corrected chi connectivity index (χ0v) is 7.53. The van der Waals surface area contributed by atoms with Crippen molar-refractivity contribution in [3.63, 3.8) is 0 Å². The fraction of sp³-hybridized carbons (Fsp3) is 0.500. The van der Waals surface area contributed by atoms with Gasteiger partial charge in [-0.2, -0.15) is 0 Å². The van der Waals surface area contributed by atoms with Crippen molar-refractivity contribution < 1.29 is 0 Å². The summed E-state index contributed by atoms with van der Waals surface area (Å²) in [4.78, 5) is 3.95. The van der Waals surface area contributed by atoms with E-state index in [1.54, 1.807) is 12.4 Å². The molecule has 2 heteroatoms. The summed E-state index contributed by atoms with van der Waals surface area (Å²) in [6, 6.07) is 4.16. The summed E-state index contributed by atoms with van der Waals surface area (Å²) in [6.45, 7) is 2.18. The smallest absolute Gasteiger partial charge is 0.0295 e. The second kappa shape index (κ2) is 4.88. The van der Waals surface area contributed by atoms with Crippen LogP contribution in [0.15, 0.2) is 24.5 Å². The van der Waals surface area contributed by atoms with Crippen molar-refractivity contribution in [2.24, 2.45) is 5.73 Å². The maximum atomic E-state index is 5.95. The molecule has 0 aromatic carbocycles. The molecule has 66 valence electrons. The SMILES string of the molecule is CCCCC(N)c1ccncc1. The highest BCUT2D eigenvalue weighted by Crippen LogP contribution is 2.14. The molecule has 1 atom stereocenters. The minimum atomic E-state index is 0.188. The quantitative estimate of drug-likeness (QED) is 0.741. The van der Waals surface area contributed by atoms with E-state index in [1.165, 1.54) is 18.4 Å². The largest absolute Gasteiger partial charge is 0.324 e. The van der Waals surface area contributed by atoms with Gasteiger partial charge in [-0.05, 0) is 24.1 Å². The maximum Gasteiger partial charge on any atom is 0.0295 e. The van der Waals surface area contributed by atoms with Crippen LogP contribution in [-0.4, -0.2) is 4.98 Å². The first kappa shape index (κ1) is 9.20. The highest BCUT2D eigenvalue weighted by Gasteiger charge is 2.03. The first-order chi connectivity index (χ1) is 5.84. The van der Waals surface area contributed by atoms with Gasteiger partial charge < -0.3 is 5.73 Å². The molecule has 0 radical (unpaired) electrons. The third-order valence-corrected chi connectivity index (χ3v) is 2.00. The van der Waals surface area contributed by atoms with Crippen molar-refractivity contribution in [3.8, 4) is 0 Å². The molecule has 0 aliphatic rings. The molecule has 0 amide bonds. The lowest BCUT2D eigenvalue weighted by Gasteiger charge is -2.09. The zero-order chi connectivity index (χ0) is 8.81. The van der Waals surface area contributed by atoms with E-state index in [2.05, 4.69) is 11.9 Å². The fourth-order valence-corrected chi connectivity index (χ4v) is 1.20. The summed E-state index contributed by atoms with van der Waals surface area (Å²) in [7, 11) is 0. The maximum absolute atomic E-state index is 5.95. The van der Waals surface area contributed by atoms with Crippen LogP contribution in [0.5, 0.6) is 0 Å². The number of aromatic nitrogens is 1. The van der Waals surface area contributed by atoms with Gasteiger partial charge in [0.05, 0.1) is 0 Å². The lowest BCUT2D eigenvalue weighted by atomic mass is 10.0. The second-order valence-electron chi connectivity index (χ2n) is 3.03. The molecule has 1 heterocycles. The standard InChI is InChI=1S/C10H16N2/c1-2-3-4-10(11)9-5-7-12-8-6-9/h5-8,10H,2-4,11H2,1H3. The number of hydrogen-bond acceptors (Lipinski definition) is 2. The summed E-state index contributed by atoms with van der Waals surface area (Å²) in [5.74, 6) is 0. The molecule has 1 unspecified atom stereocenters. The van der Waals surface area contributed by atoms with Crippen LogP contribution in [-0.2, 0) is 0 Å². The molecule has 0 aliphatic heterocycles. The minimum Gasteiger partial charge on any atom is -0.324 e. The zero-order valence-electron chi connectivity index (χ0n) is 7.53. The predicted molar refractivity (Wildman–Crippen MR) is 50.7 cm³/mol. The number of pyridine rings is 1. The predicted octanol–water partition coefficient (Wildman–Crippen LogP) is 2.27. The Hall–Kier alpha value is -0.890. The Labute approximate surface area is 73.8 Å². The van der Waals surface area contributed by atoms with Crippen LogP contribution >= 0.6 is 0 Å². The Morgan fingerprint density at radius 3 is 2.67 bits per heavy atom. The first-order valence-corrected chi connectivity index (χ1v) is 4.50. The van der Waals surface area contributed by atoms with Crippen molar-refractivity contribution in [2.45, 2.75) is 32.2 Å². The van der Waals surface area contributed by atoms with Crippen LogP contribution in [0.1, 0.15) is 37.8 Å². The lowest BCUT2D eigenvalue weighted by Crippen LogP contribution is -2.09. The Morgan fingerprint density at radius 2 is 2.08 bits per heavy atom. The summed E-state index contributed by atoms with van der Waals surface area (Å²) >= 11 is 0. The van der Waals surface area contributed by atoms with Gasteiger partial charge in [-0.3, -0.25) is 4.98 Å². The van der Waals surface area contributed by atoms with Crippen molar-refractivity contribution >= 4 is 0 Å². The van der Waals surface area contributed by atoms with Crippen LogP contribution in [0.2, 0.25) is 0 Å². The Kier molecular flexibility index (Phi) is 3.74. The lowest BCUT2D eigenvalue weighted by molar-refractivity contribution is 0.603. The molecular formula is C10H16N2. The molecule has 0 saturated carbocycles. The number of nitrogens with zero attached hydrogens (tertiary/aromatic N) is 1. The highest BCUT2D eigenvalue weighted by atomic mass is 14.6. The van der Waals surface area contributed by atoms with Gasteiger partial charge >= 0.3 is 0 Å². The molecule has 1 rings (SSSR count). The summed E-state index contributed by atoms with van der Waals surface area (Å²) in [5.41, 5.74) is 7.15. The van der Waals surface area contributed by atoms with E-state index >= 15 is 0 Å². The van der Waals surface area contributed by atoms with Crippen molar-refractivity contribution in [2.75, 3.05) is 0 Å². The Balaban J connectivity index is 2.48. The van der Waals surface area contributed by atoms with Crippen LogP contribution in [0.4, 0.5) is 0 Å². The molecule has 1 aromatic rings. The van der Waals surface area contributed by atoms with E-state index in [9.17, 15) is 0 Å². The molecule has 0 saturated heterocycles. The van der Waals surface area contributed by atoms with E-state index in [4.69, 9.17) is 5.73 Å². The number of rotatable bonds is 4. The molecule has 2 nitrogen and oxygen atoms in total. The normalized spacial score (nSPS) is 12.8. The topological polar surface area (TPSA) is 38.9 Å². The van der Waals surface area contributed by atoms with Gasteiger partial charge in [-0.15, -0.1) is 0 Å².